The van der Waals surface area contributed by atoms with Gasteiger partial charge in [0.15, 0.2) is 17.5 Å². The lowest BCUT2D eigenvalue weighted by atomic mass is 9.96. The Balaban J connectivity index is 1.67. The van der Waals surface area contributed by atoms with Crippen molar-refractivity contribution >= 4 is 29.3 Å². The molecule has 0 aromatic heterocycles. The van der Waals surface area contributed by atoms with Crippen molar-refractivity contribution in [1.29, 1.82) is 0 Å². The predicted molar refractivity (Wildman–Crippen MR) is 112 cm³/mol. The van der Waals surface area contributed by atoms with Gasteiger partial charge in [0.2, 0.25) is 0 Å². The summed E-state index contributed by atoms with van der Waals surface area (Å²) < 4.78 is 4.89. The van der Waals surface area contributed by atoms with Gasteiger partial charge in [-0.05, 0) is 43.2 Å². The van der Waals surface area contributed by atoms with Gasteiger partial charge in [-0.15, -0.1) is 0 Å². The van der Waals surface area contributed by atoms with Crippen LogP contribution in [0.4, 0.5) is 5.69 Å². The third-order valence-corrected chi connectivity index (χ3v) is 4.71. The molecule has 5 heteroatoms. The van der Waals surface area contributed by atoms with Gasteiger partial charge in [0, 0.05) is 24.9 Å². The average Bonchev–Trinajstić information content (AvgIpc) is 2.71. The van der Waals surface area contributed by atoms with Crippen LogP contribution in [0.1, 0.15) is 25.0 Å². The van der Waals surface area contributed by atoms with E-state index in [0.29, 0.717) is 0 Å². The molecule has 1 aliphatic rings. The Bertz CT molecular complexity index is 958. The lowest BCUT2D eigenvalue weighted by molar-refractivity contribution is -0.151. The quantitative estimate of drug-likeness (QED) is 0.408. The maximum Gasteiger partial charge on any atom is 0.329 e. The van der Waals surface area contributed by atoms with E-state index in [1.54, 1.807) is 6.08 Å². The van der Waals surface area contributed by atoms with Crippen molar-refractivity contribution in [3.05, 3.63) is 83.6 Å². The molecule has 0 saturated carbocycles. The molecule has 2 aromatic carbocycles. The summed E-state index contributed by atoms with van der Waals surface area (Å²) in [6, 6.07) is 18.0. The molecule has 1 unspecified atom stereocenters. The number of hydrogen-bond donors (Lipinski definition) is 0. The smallest absolute Gasteiger partial charge is 0.329 e. The van der Waals surface area contributed by atoms with E-state index in [4.69, 9.17) is 4.74 Å². The van der Waals surface area contributed by atoms with Gasteiger partial charge < -0.3 is 9.64 Å². The summed E-state index contributed by atoms with van der Waals surface area (Å²) in [5.74, 6) is -3.13. The van der Waals surface area contributed by atoms with Gasteiger partial charge in [-0.2, -0.15) is 0 Å². The van der Waals surface area contributed by atoms with Crippen LogP contribution < -0.4 is 4.90 Å². The predicted octanol–water partition coefficient (Wildman–Crippen LogP) is 3.94. The molecule has 0 saturated heterocycles. The van der Waals surface area contributed by atoms with Crippen LogP contribution in [0.25, 0.3) is 6.08 Å². The van der Waals surface area contributed by atoms with Crippen LogP contribution in [0.2, 0.25) is 0 Å². The molecule has 5 nitrogen and oxygen atoms in total. The molecule has 0 bridgehead atoms. The molecule has 0 aliphatic carbocycles. The Morgan fingerprint density at radius 1 is 1.07 bits per heavy atom. The number of anilines is 1. The van der Waals surface area contributed by atoms with Gasteiger partial charge in [0.25, 0.3) is 0 Å². The first-order valence-corrected chi connectivity index (χ1v) is 9.52. The minimum atomic E-state index is -1.41. The normalized spacial score (nSPS) is 16.5. The van der Waals surface area contributed by atoms with Crippen LogP contribution in [0.3, 0.4) is 0 Å². The summed E-state index contributed by atoms with van der Waals surface area (Å²) in [7, 11) is 0. The maximum atomic E-state index is 12.3. The minimum absolute atomic E-state index is 0.208. The Kier molecular flexibility index (Phi) is 6.39. The molecule has 2 aromatic rings. The summed E-state index contributed by atoms with van der Waals surface area (Å²) in [4.78, 5) is 38.3. The van der Waals surface area contributed by atoms with E-state index in [0.717, 1.165) is 24.3 Å². The van der Waals surface area contributed by atoms with E-state index < -0.39 is 23.5 Å². The molecule has 0 N–H and O–H groups in total. The van der Waals surface area contributed by atoms with Crippen LogP contribution in [-0.2, 0) is 25.7 Å². The molecule has 1 heterocycles. The molecule has 3 rings (SSSR count). The lowest BCUT2D eigenvalue weighted by Gasteiger charge is -2.23. The number of esters is 1. The van der Waals surface area contributed by atoms with Crippen LogP contribution in [-0.4, -0.2) is 24.1 Å². The molecule has 0 fully saturated rings. The number of carbonyl (C=O) groups excluding carboxylic acids is 3. The summed E-state index contributed by atoms with van der Waals surface area (Å²) in [5, 5.41) is 0. The lowest BCUT2D eigenvalue weighted by Crippen LogP contribution is -2.34. The molecule has 0 spiro atoms. The van der Waals surface area contributed by atoms with E-state index in [-0.39, 0.29) is 5.76 Å². The van der Waals surface area contributed by atoms with E-state index in [2.05, 4.69) is 24.0 Å². The highest BCUT2D eigenvalue weighted by Crippen LogP contribution is 2.20. The van der Waals surface area contributed by atoms with Gasteiger partial charge in [0.05, 0.1) is 0 Å². The topological polar surface area (TPSA) is 63.7 Å². The van der Waals surface area contributed by atoms with Gasteiger partial charge >= 0.3 is 5.97 Å². The summed E-state index contributed by atoms with van der Waals surface area (Å²) in [6.07, 6.45) is 4.04. The Labute approximate surface area is 170 Å². The first kappa shape index (κ1) is 20.3. The van der Waals surface area contributed by atoms with E-state index >= 15 is 0 Å². The fourth-order valence-electron chi connectivity index (χ4n) is 3.16. The van der Waals surface area contributed by atoms with Gasteiger partial charge in [-0.1, -0.05) is 48.5 Å². The fraction of sp³-hybridized carbons (Fsp3) is 0.208. The van der Waals surface area contributed by atoms with Crippen LogP contribution in [0.5, 0.6) is 0 Å². The zero-order valence-electron chi connectivity index (χ0n) is 16.5. The van der Waals surface area contributed by atoms with Crippen molar-refractivity contribution in [1.82, 2.24) is 0 Å². The number of ether oxygens (including phenoxy) is 1. The maximum absolute atomic E-state index is 12.3. The first-order valence-electron chi connectivity index (χ1n) is 9.52. The number of hydrogen-bond acceptors (Lipinski definition) is 5. The molecule has 0 amide bonds. The largest absolute Gasteiger partial charge is 0.430 e. The van der Waals surface area contributed by atoms with E-state index in [1.807, 2.05) is 42.5 Å². The number of ketones is 2. The summed E-state index contributed by atoms with van der Waals surface area (Å²) >= 11 is 0. The first-order chi connectivity index (χ1) is 14.0. The van der Waals surface area contributed by atoms with Crippen molar-refractivity contribution < 1.29 is 19.1 Å². The minimum Gasteiger partial charge on any atom is -0.430 e. The second-order valence-electron chi connectivity index (χ2n) is 6.84. The second kappa shape index (κ2) is 9.15. The second-order valence-corrected chi connectivity index (χ2v) is 6.84. The highest BCUT2D eigenvalue weighted by molar-refractivity contribution is 6.25. The van der Waals surface area contributed by atoms with Crippen molar-refractivity contribution in [3.63, 3.8) is 0 Å². The van der Waals surface area contributed by atoms with Crippen LogP contribution in [0.15, 0.2) is 72.5 Å². The molecule has 148 valence electrons. The van der Waals surface area contributed by atoms with Crippen LogP contribution in [0, 0.1) is 5.92 Å². The molecule has 0 radical (unpaired) electrons. The molecular weight excluding hydrogens is 366 g/mol. The third-order valence-electron chi connectivity index (χ3n) is 4.71. The van der Waals surface area contributed by atoms with Gasteiger partial charge in [-0.25, -0.2) is 0 Å². The monoisotopic (exact) mass is 389 g/mol. The Morgan fingerprint density at radius 2 is 1.76 bits per heavy atom. The number of allylic oxidation sites excluding steroid dienone is 3. The molecular formula is C24H23NO4. The zero-order chi connectivity index (χ0) is 20.8. The Hall–Kier alpha value is -3.47. The van der Waals surface area contributed by atoms with Crippen molar-refractivity contribution in [2.75, 3.05) is 11.4 Å². The molecule has 1 aliphatic heterocycles. The number of nitrogens with zero attached hydrogens (tertiary/aromatic N) is 1. The number of rotatable bonds is 7. The van der Waals surface area contributed by atoms with E-state index in [1.165, 1.54) is 24.6 Å². The van der Waals surface area contributed by atoms with Crippen molar-refractivity contribution in [3.8, 4) is 0 Å². The Morgan fingerprint density at radius 3 is 2.38 bits per heavy atom. The van der Waals surface area contributed by atoms with Gasteiger partial charge in [0.1, 0.15) is 5.76 Å². The zero-order valence-corrected chi connectivity index (χ0v) is 16.5. The number of cyclic esters (lactones) is 1. The highest BCUT2D eigenvalue weighted by atomic mass is 16.5. The third kappa shape index (κ3) is 5.08. The molecule has 1 atom stereocenters. The molecule has 29 heavy (non-hydrogen) atoms. The van der Waals surface area contributed by atoms with E-state index in [9.17, 15) is 14.4 Å². The summed E-state index contributed by atoms with van der Waals surface area (Å²) in [5.41, 5.74) is 3.12. The van der Waals surface area contributed by atoms with Crippen molar-refractivity contribution in [2.24, 2.45) is 5.92 Å². The van der Waals surface area contributed by atoms with Gasteiger partial charge in [-0.3, -0.25) is 14.4 Å². The number of benzene rings is 2. The summed E-state index contributed by atoms with van der Waals surface area (Å²) in [6.45, 7) is 5.28. The number of carbonyl (C=O) groups is 3. The van der Waals surface area contributed by atoms with Crippen molar-refractivity contribution in [2.45, 2.75) is 20.4 Å². The fourth-order valence-corrected chi connectivity index (χ4v) is 3.16. The van der Waals surface area contributed by atoms with Crippen LogP contribution >= 0.6 is 0 Å². The highest BCUT2D eigenvalue weighted by Gasteiger charge is 2.36. The average molecular weight is 389 g/mol. The SMILES string of the molecule is CCN(Cc1ccccc1)c1ccc(/C=C/C(=O)C2C(=O)C=C(C)OC2=O)cc1. The standard InChI is InChI=1S/C24H23NO4/c1-3-25(16-19-7-5-4-6-8-19)20-12-9-18(10-13-20)11-14-21(26)23-22(27)15-17(2)29-24(23)28/h4-15,23H,3,16H2,1-2H3/b14-11+.